The number of halogens is 1. The molecule has 17 heavy (non-hydrogen) atoms. The van der Waals surface area contributed by atoms with Crippen LogP contribution in [0.15, 0.2) is 22.7 Å². The third-order valence-corrected chi connectivity index (χ3v) is 4.89. The molecule has 4 heteroatoms. The molecule has 0 bridgehead atoms. The van der Waals surface area contributed by atoms with Crippen molar-refractivity contribution in [1.82, 2.24) is 10.3 Å². The average molecular weight is 311 g/mol. The third kappa shape index (κ3) is 2.69. The molecule has 2 aromatic rings. The molecular formula is C13H15BrN2S. The Morgan fingerprint density at radius 2 is 2.41 bits per heavy atom. The zero-order chi connectivity index (χ0) is 11.7. The Hall–Kier alpha value is -0.450. The zero-order valence-corrected chi connectivity index (χ0v) is 12.0. The Kier molecular flexibility index (Phi) is 3.45. The standard InChI is InChI=1S/C13H15BrN2S/c14-10-2-3-11-12(7-10)17-13(16-11)4-1-9-5-6-15-8-9/h2-3,7,9,15H,1,4-6,8H2. The fraction of sp³-hybridized carbons (Fsp3) is 0.462. The number of aromatic nitrogens is 1. The molecule has 2 nitrogen and oxygen atoms in total. The minimum atomic E-state index is 0.855. The van der Waals surface area contributed by atoms with E-state index in [9.17, 15) is 0 Å². The second kappa shape index (κ2) is 5.04. The highest BCUT2D eigenvalue weighted by atomic mass is 79.9. The highest BCUT2D eigenvalue weighted by Gasteiger charge is 2.15. The summed E-state index contributed by atoms with van der Waals surface area (Å²) in [7, 11) is 0. The predicted octanol–water partition coefficient (Wildman–Crippen LogP) is 3.60. The summed E-state index contributed by atoms with van der Waals surface area (Å²) in [6.45, 7) is 2.38. The molecule has 1 aromatic heterocycles. The highest BCUT2D eigenvalue weighted by molar-refractivity contribution is 9.10. The van der Waals surface area contributed by atoms with E-state index in [2.05, 4.69) is 39.4 Å². The van der Waals surface area contributed by atoms with Crippen LogP contribution in [-0.4, -0.2) is 18.1 Å². The highest BCUT2D eigenvalue weighted by Crippen LogP contribution is 2.27. The lowest BCUT2D eigenvalue weighted by Crippen LogP contribution is -2.09. The monoisotopic (exact) mass is 310 g/mol. The molecule has 0 amide bonds. The van der Waals surface area contributed by atoms with Crippen LogP contribution in [0.3, 0.4) is 0 Å². The SMILES string of the molecule is Brc1ccc2nc(CCC3CCNC3)sc2c1. The maximum absolute atomic E-state index is 4.69. The van der Waals surface area contributed by atoms with Crippen molar-refractivity contribution in [2.24, 2.45) is 5.92 Å². The Morgan fingerprint density at radius 1 is 1.47 bits per heavy atom. The van der Waals surface area contributed by atoms with Gasteiger partial charge in [0.1, 0.15) is 0 Å². The average Bonchev–Trinajstić information content (AvgIpc) is 2.94. The van der Waals surface area contributed by atoms with Gasteiger partial charge in [-0.25, -0.2) is 4.98 Å². The van der Waals surface area contributed by atoms with Crippen LogP contribution in [0.2, 0.25) is 0 Å². The van der Waals surface area contributed by atoms with Gasteiger partial charge in [0.15, 0.2) is 0 Å². The Morgan fingerprint density at radius 3 is 3.24 bits per heavy atom. The summed E-state index contributed by atoms with van der Waals surface area (Å²) in [4.78, 5) is 4.69. The Labute approximate surface area is 114 Å². The number of aryl methyl sites for hydroxylation is 1. The van der Waals surface area contributed by atoms with E-state index in [4.69, 9.17) is 4.98 Å². The molecule has 1 fully saturated rings. The molecule has 1 saturated heterocycles. The quantitative estimate of drug-likeness (QED) is 0.937. The van der Waals surface area contributed by atoms with Gasteiger partial charge in [-0.05, 0) is 56.5 Å². The molecule has 3 rings (SSSR count). The van der Waals surface area contributed by atoms with E-state index in [-0.39, 0.29) is 0 Å². The molecule has 90 valence electrons. The lowest BCUT2D eigenvalue weighted by molar-refractivity contribution is 0.532. The van der Waals surface area contributed by atoms with Crippen LogP contribution in [0, 0.1) is 5.92 Å². The third-order valence-electron chi connectivity index (χ3n) is 3.32. The maximum atomic E-state index is 4.69. The smallest absolute Gasteiger partial charge is 0.0938 e. The maximum Gasteiger partial charge on any atom is 0.0938 e. The van der Waals surface area contributed by atoms with Crippen molar-refractivity contribution in [2.75, 3.05) is 13.1 Å². The Bertz CT molecular complexity index is 517. The normalized spacial score (nSPS) is 20.2. The summed E-state index contributed by atoms with van der Waals surface area (Å²) in [5.41, 5.74) is 1.14. The van der Waals surface area contributed by atoms with Gasteiger partial charge in [0, 0.05) is 4.47 Å². The number of fused-ring (bicyclic) bond motifs is 1. The van der Waals surface area contributed by atoms with E-state index in [1.54, 1.807) is 0 Å². The molecule has 1 atom stereocenters. The molecule has 1 aliphatic rings. The first-order chi connectivity index (χ1) is 8.31. The van der Waals surface area contributed by atoms with E-state index < -0.39 is 0 Å². The number of nitrogens with zero attached hydrogens (tertiary/aromatic N) is 1. The summed E-state index contributed by atoms with van der Waals surface area (Å²) >= 11 is 5.34. The van der Waals surface area contributed by atoms with Gasteiger partial charge in [0.05, 0.1) is 15.2 Å². The molecule has 0 aliphatic carbocycles. The fourth-order valence-electron chi connectivity index (χ4n) is 2.34. The van der Waals surface area contributed by atoms with Crippen LogP contribution in [0.5, 0.6) is 0 Å². The number of rotatable bonds is 3. The van der Waals surface area contributed by atoms with Crippen LogP contribution in [0.1, 0.15) is 17.8 Å². The minimum absolute atomic E-state index is 0.855. The van der Waals surface area contributed by atoms with Crippen molar-refractivity contribution in [3.05, 3.63) is 27.7 Å². The topological polar surface area (TPSA) is 24.9 Å². The van der Waals surface area contributed by atoms with E-state index in [1.165, 1.54) is 35.6 Å². The first-order valence-corrected chi connectivity index (χ1v) is 7.68. The minimum Gasteiger partial charge on any atom is -0.316 e. The summed E-state index contributed by atoms with van der Waals surface area (Å²) in [6, 6.07) is 6.32. The first kappa shape index (κ1) is 11.6. The van der Waals surface area contributed by atoms with E-state index in [1.807, 2.05) is 11.3 Å². The molecule has 1 aliphatic heterocycles. The molecule has 1 unspecified atom stereocenters. The van der Waals surface area contributed by atoms with Gasteiger partial charge in [0.2, 0.25) is 0 Å². The zero-order valence-electron chi connectivity index (χ0n) is 9.58. The van der Waals surface area contributed by atoms with E-state index >= 15 is 0 Å². The van der Waals surface area contributed by atoms with Gasteiger partial charge in [-0.2, -0.15) is 0 Å². The van der Waals surface area contributed by atoms with Crippen molar-refractivity contribution >= 4 is 37.5 Å². The van der Waals surface area contributed by atoms with Gasteiger partial charge in [-0.15, -0.1) is 11.3 Å². The van der Waals surface area contributed by atoms with Crippen LogP contribution >= 0.6 is 27.3 Å². The van der Waals surface area contributed by atoms with Gasteiger partial charge >= 0.3 is 0 Å². The number of hydrogen-bond acceptors (Lipinski definition) is 3. The van der Waals surface area contributed by atoms with Crippen LogP contribution < -0.4 is 5.32 Å². The fourth-order valence-corrected chi connectivity index (χ4v) is 3.88. The number of nitrogens with one attached hydrogen (secondary N) is 1. The van der Waals surface area contributed by atoms with Crippen LogP contribution in [0.25, 0.3) is 10.2 Å². The molecular weight excluding hydrogens is 296 g/mol. The van der Waals surface area contributed by atoms with Crippen LogP contribution in [0.4, 0.5) is 0 Å². The lowest BCUT2D eigenvalue weighted by Gasteiger charge is -2.04. The van der Waals surface area contributed by atoms with Gasteiger partial charge in [-0.3, -0.25) is 0 Å². The summed E-state index contributed by atoms with van der Waals surface area (Å²) < 4.78 is 2.43. The van der Waals surface area contributed by atoms with E-state index in [0.29, 0.717) is 0 Å². The van der Waals surface area contributed by atoms with Crippen molar-refractivity contribution in [3.63, 3.8) is 0 Å². The summed E-state index contributed by atoms with van der Waals surface area (Å²) in [6.07, 6.45) is 3.73. The molecule has 0 radical (unpaired) electrons. The van der Waals surface area contributed by atoms with Crippen molar-refractivity contribution in [3.8, 4) is 0 Å². The van der Waals surface area contributed by atoms with Crippen molar-refractivity contribution in [1.29, 1.82) is 0 Å². The number of benzene rings is 1. The summed E-state index contributed by atoms with van der Waals surface area (Å²) in [5, 5.41) is 4.70. The second-order valence-electron chi connectivity index (χ2n) is 4.62. The molecule has 1 N–H and O–H groups in total. The van der Waals surface area contributed by atoms with E-state index in [0.717, 1.165) is 22.3 Å². The van der Waals surface area contributed by atoms with Crippen molar-refractivity contribution in [2.45, 2.75) is 19.3 Å². The Balaban J connectivity index is 1.72. The first-order valence-electron chi connectivity index (χ1n) is 6.07. The molecule has 2 heterocycles. The van der Waals surface area contributed by atoms with Gasteiger partial charge in [-0.1, -0.05) is 15.9 Å². The predicted molar refractivity (Wildman–Crippen MR) is 76.6 cm³/mol. The van der Waals surface area contributed by atoms with Crippen LogP contribution in [-0.2, 0) is 6.42 Å². The largest absolute Gasteiger partial charge is 0.316 e. The van der Waals surface area contributed by atoms with Gasteiger partial charge < -0.3 is 5.32 Å². The molecule has 0 spiro atoms. The number of hydrogen-bond donors (Lipinski definition) is 1. The lowest BCUT2D eigenvalue weighted by atomic mass is 10.0. The number of thiazole rings is 1. The molecule has 0 saturated carbocycles. The second-order valence-corrected chi connectivity index (χ2v) is 6.65. The summed E-state index contributed by atoms with van der Waals surface area (Å²) in [5.74, 6) is 0.855. The molecule has 1 aromatic carbocycles. The van der Waals surface area contributed by atoms with Gasteiger partial charge in [0.25, 0.3) is 0 Å². The van der Waals surface area contributed by atoms with Crippen molar-refractivity contribution < 1.29 is 0 Å².